The third-order valence-corrected chi connectivity index (χ3v) is 5.04. The first-order valence-corrected chi connectivity index (χ1v) is 8.73. The number of aromatic nitrogens is 1. The molecule has 8 heteroatoms. The fraction of sp³-hybridized carbons (Fsp3) is 0.294. The summed E-state index contributed by atoms with van der Waals surface area (Å²) in [6, 6.07) is 7.64. The summed E-state index contributed by atoms with van der Waals surface area (Å²) in [7, 11) is 0. The molecule has 0 aliphatic carbocycles. The minimum atomic E-state index is -0.731. The molecule has 6 nitrogen and oxygen atoms in total. The van der Waals surface area contributed by atoms with E-state index in [0.717, 1.165) is 11.3 Å². The number of nitrogens with two attached hydrogens (primary N) is 1. The van der Waals surface area contributed by atoms with Gasteiger partial charge in [-0.15, -0.1) is 0 Å². The van der Waals surface area contributed by atoms with Crippen LogP contribution in [0.4, 0.5) is 10.1 Å². The van der Waals surface area contributed by atoms with Gasteiger partial charge in [-0.05, 0) is 31.0 Å². The summed E-state index contributed by atoms with van der Waals surface area (Å²) in [6.45, 7) is 1.85. The lowest BCUT2D eigenvalue weighted by atomic mass is 9.87. The van der Waals surface area contributed by atoms with Gasteiger partial charge in [0.05, 0.1) is 10.5 Å². The van der Waals surface area contributed by atoms with Crippen molar-refractivity contribution in [2.24, 2.45) is 10.7 Å². The van der Waals surface area contributed by atoms with Crippen molar-refractivity contribution in [1.82, 2.24) is 4.98 Å². The Labute approximate surface area is 148 Å². The molecule has 0 saturated heterocycles. The summed E-state index contributed by atoms with van der Waals surface area (Å²) in [6.07, 6.45) is 2.42. The number of amidine groups is 1. The molecular weight excluding hydrogens is 343 g/mol. The smallest absolute Gasteiger partial charge is 0.291 e. The molecule has 2 heterocycles. The predicted molar refractivity (Wildman–Crippen MR) is 96.1 cm³/mol. The van der Waals surface area contributed by atoms with E-state index >= 15 is 0 Å². The maximum Gasteiger partial charge on any atom is 0.291 e. The first kappa shape index (κ1) is 17.3. The summed E-state index contributed by atoms with van der Waals surface area (Å²) >= 11 is 1.45. The Hall–Kier alpha value is -2.48. The molecule has 130 valence electrons. The quantitative estimate of drug-likeness (QED) is 0.666. The van der Waals surface area contributed by atoms with Crippen molar-refractivity contribution in [1.29, 1.82) is 0 Å². The lowest BCUT2D eigenvalue weighted by molar-refractivity contribution is -0.385. The Balaban J connectivity index is 1.98. The zero-order valence-electron chi connectivity index (χ0n) is 13.6. The minimum Gasteiger partial charge on any atom is -0.379 e. The van der Waals surface area contributed by atoms with Gasteiger partial charge in [0, 0.05) is 30.0 Å². The molecule has 2 N–H and O–H groups in total. The number of hydrogen-bond donors (Lipinski definition) is 1. The molecule has 1 aliphatic heterocycles. The SMILES string of the molecule is C[C@@]1(c2cc(Cc3ncccc3[N+](=O)[O-])ccc2F)CCSC(N)=N1. The first-order valence-electron chi connectivity index (χ1n) is 7.74. The zero-order valence-corrected chi connectivity index (χ0v) is 14.4. The van der Waals surface area contributed by atoms with Gasteiger partial charge in [0.15, 0.2) is 5.17 Å². The van der Waals surface area contributed by atoms with Gasteiger partial charge in [-0.1, -0.05) is 23.9 Å². The van der Waals surface area contributed by atoms with Crippen LogP contribution in [0.2, 0.25) is 0 Å². The van der Waals surface area contributed by atoms with Crippen molar-refractivity contribution in [3.8, 4) is 0 Å². The molecule has 1 aromatic heterocycles. The summed E-state index contributed by atoms with van der Waals surface area (Å²) in [5.74, 6) is 0.409. The molecule has 0 spiro atoms. The Morgan fingerprint density at radius 2 is 2.24 bits per heavy atom. The third kappa shape index (κ3) is 3.63. The number of nitro groups is 1. The predicted octanol–water partition coefficient (Wildman–Crippen LogP) is 3.39. The molecule has 2 aromatic rings. The summed E-state index contributed by atoms with van der Waals surface area (Å²) < 4.78 is 14.4. The third-order valence-electron chi connectivity index (χ3n) is 4.24. The highest BCUT2D eigenvalue weighted by Gasteiger charge is 2.32. The summed E-state index contributed by atoms with van der Waals surface area (Å²) in [4.78, 5) is 19.2. The highest BCUT2D eigenvalue weighted by molar-refractivity contribution is 8.13. The molecule has 1 aromatic carbocycles. The lowest BCUT2D eigenvalue weighted by Crippen LogP contribution is -2.29. The number of hydrogen-bond acceptors (Lipinski definition) is 6. The van der Waals surface area contributed by atoms with Gasteiger partial charge in [0.1, 0.15) is 11.5 Å². The average Bonchev–Trinajstić information content (AvgIpc) is 2.56. The van der Waals surface area contributed by atoms with Crippen molar-refractivity contribution < 1.29 is 9.31 Å². The van der Waals surface area contributed by atoms with E-state index in [9.17, 15) is 14.5 Å². The highest BCUT2D eigenvalue weighted by Crippen LogP contribution is 2.37. The van der Waals surface area contributed by atoms with Crippen molar-refractivity contribution >= 4 is 22.6 Å². The molecule has 3 rings (SSSR count). The van der Waals surface area contributed by atoms with E-state index in [0.29, 0.717) is 22.8 Å². The number of rotatable bonds is 4. The van der Waals surface area contributed by atoms with Crippen LogP contribution in [0.1, 0.15) is 30.2 Å². The molecule has 1 atom stereocenters. The monoisotopic (exact) mass is 360 g/mol. The molecule has 0 unspecified atom stereocenters. The van der Waals surface area contributed by atoms with Crippen molar-refractivity contribution in [2.75, 3.05) is 5.75 Å². The second-order valence-corrected chi connectivity index (χ2v) is 7.15. The van der Waals surface area contributed by atoms with Crippen molar-refractivity contribution in [3.05, 3.63) is 69.3 Å². The van der Waals surface area contributed by atoms with E-state index in [1.54, 1.807) is 12.1 Å². The van der Waals surface area contributed by atoms with Gasteiger partial charge >= 0.3 is 0 Å². The van der Waals surface area contributed by atoms with Crippen LogP contribution in [0, 0.1) is 15.9 Å². The maximum absolute atomic E-state index is 14.4. The molecular formula is C17H17FN4O2S. The van der Waals surface area contributed by atoms with Gasteiger partial charge in [-0.3, -0.25) is 20.1 Å². The normalized spacial score (nSPS) is 20.2. The van der Waals surface area contributed by atoms with Crippen LogP contribution >= 0.6 is 11.8 Å². The van der Waals surface area contributed by atoms with E-state index < -0.39 is 10.5 Å². The Bertz CT molecular complexity index is 858. The van der Waals surface area contributed by atoms with E-state index in [-0.39, 0.29) is 17.9 Å². The van der Waals surface area contributed by atoms with E-state index in [4.69, 9.17) is 5.73 Å². The van der Waals surface area contributed by atoms with Gasteiger partial charge in [0.25, 0.3) is 5.69 Å². The average molecular weight is 360 g/mol. The molecule has 0 fully saturated rings. The number of aliphatic imine (C=N–C) groups is 1. The molecule has 25 heavy (non-hydrogen) atoms. The van der Waals surface area contributed by atoms with Crippen molar-refractivity contribution in [2.45, 2.75) is 25.3 Å². The largest absolute Gasteiger partial charge is 0.379 e. The minimum absolute atomic E-state index is 0.0454. The van der Waals surface area contributed by atoms with Gasteiger partial charge < -0.3 is 5.73 Å². The zero-order chi connectivity index (χ0) is 18.0. The van der Waals surface area contributed by atoms with Gasteiger partial charge in [-0.25, -0.2) is 4.39 Å². The number of benzene rings is 1. The van der Waals surface area contributed by atoms with Crippen LogP contribution in [0.25, 0.3) is 0 Å². The van der Waals surface area contributed by atoms with Crippen LogP contribution in [0.15, 0.2) is 41.5 Å². The first-order chi connectivity index (χ1) is 11.9. The number of nitrogens with zero attached hydrogens (tertiary/aromatic N) is 3. The molecule has 0 saturated carbocycles. The maximum atomic E-state index is 14.4. The second-order valence-electron chi connectivity index (χ2n) is 6.04. The number of pyridine rings is 1. The van der Waals surface area contributed by atoms with Gasteiger partial charge in [0.2, 0.25) is 0 Å². The second kappa shape index (κ2) is 6.79. The fourth-order valence-corrected chi connectivity index (χ4v) is 3.88. The molecule has 1 aliphatic rings. The molecule has 0 radical (unpaired) electrons. The topological polar surface area (TPSA) is 94.4 Å². The molecule has 0 bridgehead atoms. The van der Waals surface area contributed by atoms with E-state index in [1.165, 1.54) is 36.2 Å². The summed E-state index contributed by atoms with van der Waals surface area (Å²) in [5.41, 5.74) is 6.58. The van der Waals surface area contributed by atoms with Crippen LogP contribution < -0.4 is 5.73 Å². The Morgan fingerprint density at radius 1 is 1.44 bits per heavy atom. The van der Waals surface area contributed by atoms with E-state index in [1.807, 2.05) is 6.92 Å². The lowest BCUT2D eigenvalue weighted by Gasteiger charge is -2.30. The van der Waals surface area contributed by atoms with E-state index in [2.05, 4.69) is 9.98 Å². The molecule has 0 amide bonds. The van der Waals surface area contributed by atoms with Crippen LogP contribution in [-0.2, 0) is 12.0 Å². The Kier molecular flexibility index (Phi) is 4.71. The van der Waals surface area contributed by atoms with Crippen molar-refractivity contribution in [3.63, 3.8) is 0 Å². The van der Waals surface area contributed by atoms with Crippen LogP contribution in [0.5, 0.6) is 0 Å². The number of thioether (sulfide) groups is 1. The van der Waals surface area contributed by atoms with Gasteiger partial charge in [-0.2, -0.15) is 0 Å². The Morgan fingerprint density at radius 3 is 2.96 bits per heavy atom. The van der Waals surface area contributed by atoms with Crippen LogP contribution in [0.3, 0.4) is 0 Å². The standard InChI is InChI=1S/C17H17FN4O2S/c1-17(6-8-25-16(19)21-17)12-9-11(4-5-13(12)18)10-14-15(22(23)24)3-2-7-20-14/h2-5,7,9H,6,8,10H2,1H3,(H2,19,21)/t17-/m0/s1. The number of halogens is 1. The highest BCUT2D eigenvalue weighted by atomic mass is 32.2. The fourth-order valence-electron chi connectivity index (χ4n) is 2.90. The summed E-state index contributed by atoms with van der Waals surface area (Å²) in [5, 5.41) is 11.6. The van der Waals surface area contributed by atoms with Crippen LogP contribution in [-0.4, -0.2) is 20.8 Å².